The number of amides is 1. The Morgan fingerprint density at radius 3 is 2.47 bits per heavy atom. The first kappa shape index (κ1) is 23.8. The number of aryl methyl sites for hydroxylation is 1. The van der Waals surface area contributed by atoms with Crippen molar-refractivity contribution in [3.05, 3.63) is 99.6 Å². The molecule has 0 saturated carbocycles. The number of β-amino-alcohol motifs (C(OH)–C–C–N with tert-alkyl or cyclic N) is 1. The van der Waals surface area contributed by atoms with Crippen LogP contribution < -0.4 is 10.6 Å². The number of rotatable bonds is 6. The van der Waals surface area contributed by atoms with E-state index in [1.54, 1.807) is 36.4 Å². The molecule has 1 aliphatic rings. The number of nitrogens with zero attached hydrogens (tertiary/aromatic N) is 3. The van der Waals surface area contributed by atoms with Gasteiger partial charge in [0.15, 0.2) is 0 Å². The van der Waals surface area contributed by atoms with Gasteiger partial charge in [0, 0.05) is 31.7 Å². The van der Waals surface area contributed by atoms with Crippen LogP contribution in [0.25, 0.3) is 0 Å². The first-order valence-electron chi connectivity index (χ1n) is 11.2. The molecule has 0 bridgehead atoms. The van der Waals surface area contributed by atoms with Gasteiger partial charge in [-0.05, 0) is 48.4 Å². The minimum Gasteiger partial charge on any atom is -0.387 e. The molecule has 1 heterocycles. The highest BCUT2D eigenvalue weighted by Gasteiger charge is 2.31. The minimum absolute atomic E-state index is 0.0134. The van der Waals surface area contributed by atoms with Crippen LogP contribution in [0, 0.1) is 18.3 Å². The highest BCUT2D eigenvalue weighted by Crippen LogP contribution is 2.36. The molecule has 0 aromatic heterocycles. The van der Waals surface area contributed by atoms with E-state index in [9.17, 15) is 9.90 Å². The molecule has 6 nitrogen and oxygen atoms in total. The van der Waals surface area contributed by atoms with Crippen LogP contribution >= 0.6 is 11.6 Å². The fourth-order valence-electron chi connectivity index (χ4n) is 4.39. The fourth-order valence-corrected chi connectivity index (χ4v) is 4.68. The molecule has 1 fully saturated rings. The highest BCUT2D eigenvalue weighted by atomic mass is 35.5. The third kappa shape index (κ3) is 5.23. The number of nitriles is 1. The number of hydrogen-bond donors (Lipinski definition) is 2. The van der Waals surface area contributed by atoms with E-state index in [0.29, 0.717) is 35.8 Å². The number of hydrogen-bond acceptors (Lipinski definition) is 5. The smallest absolute Gasteiger partial charge is 0.248 e. The number of primary amides is 1. The van der Waals surface area contributed by atoms with Gasteiger partial charge in [-0.1, -0.05) is 53.6 Å². The third-order valence-electron chi connectivity index (χ3n) is 6.32. The maximum atomic E-state index is 11.6. The van der Waals surface area contributed by atoms with E-state index in [2.05, 4.69) is 47.1 Å². The summed E-state index contributed by atoms with van der Waals surface area (Å²) in [6.45, 7) is 4.68. The van der Waals surface area contributed by atoms with Crippen molar-refractivity contribution in [3.8, 4) is 6.07 Å². The van der Waals surface area contributed by atoms with Crippen LogP contribution in [-0.4, -0.2) is 42.1 Å². The zero-order valence-electron chi connectivity index (χ0n) is 19.0. The lowest BCUT2D eigenvalue weighted by atomic mass is 9.99. The second-order valence-corrected chi connectivity index (χ2v) is 9.07. The van der Waals surface area contributed by atoms with Crippen LogP contribution in [0.2, 0.25) is 5.02 Å². The molecule has 4 rings (SSSR count). The Morgan fingerprint density at radius 1 is 1.15 bits per heavy atom. The van der Waals surface area contributed by atoms with Gasteiger partial charge in [0.05, 0.1) is 34.5 Å². The Hall–Kier alpha value is -3.37. The molecule has 1 amide bonds. The number of benzene rings is 3. The summed E-state index contributed by atoms with van der Waals surface area (Å²) in [4.78, 5) is 16.1. The quantitative estimate of drug-likeness (QED) is 0.558. The first-order valence-corrected chi connectivity index (χ1v) is 11.6. The SMILES string of the molecule is Cc1ccc([C@@H]2CN(C[C@@H](O)c3ccc(C#N)cc3)CCN2c2ccc(C(N)=O)cc2Cl)cc1. The zero-order chi connectivity index (χ0) is 24.2. The molecule has 7 heteroatoms. The predicted octanol–water partition coefficient (Wildman–Crippen LogP) is 4.22. The van der Waals surface area contributed by atoms with Gasteiger partial charge in [0.1, 0.15) is 0 Å². The molecule has 174 valence electrons. The second kappa shape index (κ2) is 10.3. The lowest BCUT2D eigenvalue weighted by molar-refractivity contribution is 0.0999. The molecule has 1 saturated heterocycles. The van der Waals surface area contributed by atoms with Crippen molar-refractivity contribution in [1.82, 2.24) is 4.90 Å². The lowest BCUT2D eigenvalue weighted by Gasteiger charge is -2.44. The largest absolute Gasteiger partial charge is 0.387 e. The van der Waals surface area contributed by atoms with Crippen molar-refractivity contribution in [2.75, 3.05) is 31.1 Å². The van der Waals surface area contributed by atoms with E-state index in [-0.39, 0.29) is 6.04 Å². The Balaban J connectivity index is 1.58. The number of piperazine rings is 1. The molecule has 0 spiro atoms. The number of carbonyl (C=O) groups excluding carboxylic acids is 1. The standard InChI is InChI=1S/C27H27ClN4O2/c1-18-2-6-20(7-3-18)25-16-31(17-26(33)21-8-4-19(15-29)5-9-21)12-13-32(25)24-11-10-22(27(30)34)14-23(24)28/h2-11,14,25-26,33H,12-13,16-17H2,1H3,(H2,30,34)/t25-,26+/m0/s1. The zero-order valence-corrected chi connectivity index (χ0v) is 19.7. The molecule has 0 aliphatic carbocycles. The predicted molar refractivity (Wildman–Crippen MR) is 134 cm³/mol. The maximum Gasteiger partial charge on any atom is 0.248 e. The van der Waals surface area contributed by atoms with Gasteiger partial charge in [-0.2, -0.15) is 5.26 Å². The fraction of sp³-hybridized carbons (Fsp3) is 0.259. The van der Waals surface area contributed by atoms with Crippen molar-refractivity contribution in [2.45, 2.75) is 19.1 Å². The molecular formula is C27H27ClN4O2. The Bertz CT molecular complexity index is 1200. The topological polar surface area (TPSA) is 93.6 Å². The summed E-state index contributed by atoms with van der Waals surface area (Å²) in [6.07, 6.45) is -0.656. The molecule has 3 N–H and O–H groups in total. The van der Waals surface area contributed by atoms with E-state index < -0.39 is 12.0 Å². The number of aliphatic hydroxyl groups excluding tert-OH is 1. The highest BCUT2D eigenvalue weighted by molar-refractivity contribution is 6.33. The molecule has 3 aromatic rings. The van der Waals surface area contributed by atoms with Crippen LogP contribution in [-0.2, 0) is 0 Å². The van der Waals surface area contributed by atoms with Gasteiger partial charge in [0.25, 0.3) is 0 Å². The number of anilines is 1. The molecular weight excluding hydrogens is 448 g/mol. The van der Waals surface area contributed by atoms with E-state index in [1.807, 2.05) is 6.07 Å². The molecule has 2 atom stereocenters. The minimum atomic E-state index is -0.656. The molecule has 0 unspecified atom stereocenters. The van der Waals surface area contributed by atoms with Crippen molar-refractivity contribution in [1.29, 1.82) is 5.26 Å². The Kier molecular flexibility index (Phi) is 7.18. The van der Waals surface area contributed by atoms with Crippen molar-refractivity contribution < 1.29 is 9.90 Å². The number of carbonyl (C=O) groups is 1. The van der Waals surface area contributed by atoms with Gasteiger partial charge in [-0.25, -0.2) is 0 Å². The normalized spacial score (nSPS) is 17.2. The van der Waals surface area contributed by atoms with E-state index in [1.165, 1.54) is 5.56 Å². The van der Waals surface area contributed by atoms with Crippen LogP contribution in [0.3, 0.4) is 0 Å². The second-order valence-electron chi connectivity index (χ2n) is 8.66. The molecule has 1 aliphatic heterocycles. The van der Waals surface area contributed by atoms with Crippen molar-refractivity contribution in [3.63, 3.8) is 0 Å². The maximum absolute atomic E-state index is 11.6. The first-order chi connectivity index (χ1) is 16.4. The van der Waals surface area contributed by atoms with Crippen LogP contribution in [0.1, 0.15) is 44.8 Å². The molecule has 34 heavy (non-hydrogen) atoms. The van der Waals surface area contributed by atoms with Crippen molar-refractivity contribution in [2.24, 2.45) is 5.73 Å². The summed E-state index contributed by atoms with van der Waals surface area (Å²) < 4.78 is 0. The Labute approximate surface area is 204 Å². The van der Waals surface area contributed by atoms with Gasteiger partial charge in [-0.15, -0.1) is 0 Å². The van der Waals surface area contributed by atoms with Crippen LogP contribution in [0.15, 0.2) is 66.7 Å². The van der Waals surface area contributed by atoms with Gasteiger partial charge < -0.3 is 15.7 Å². The van der Waals surface area contributed by atoms with Gasteiger partial charge in [-0.3, -0.25) is 9.69 Å². The summed E-state index contributed by atoms with van der Waals surface area (Å²) in [7, 11) is 0. The number of halogens is 1. The third-order valence-corrected chi connectivity index (χ3v) is 6.63. The van der Waals surface area contributed by atoms with Crippen LogP contribution in [0.5, 0.6) is 0 Å². The molecule has 3 aromatic carbocycles. The van der Waals surface area contributed by atoms with E-state index in [0.717, 1.165) is 23.4 Å². The summed E-state index contributed by atoms with van der Waals surface area (Å²) in [5.41, 5.74) is 10.3. The van der Waals surface area contributed by atoms with E-state index >= 15 is 0 Å². The summed E-state index contributed by atoms with van der Waals surface area (Å²) in [5.74, 6) is -0.509. The average molecular weight is 475 g/mol. The average Bonchev–Trinajstić information content (AvgIpc) is 2.84. The van der Waals surface area contributed by atoms with Crippen LogP contribution in [0.4, 0.5) is 5.69 Å². The Morgan fingerprint density at radius 2 is 1.85 bits per heavy atom. The summed E-state index contributed by atoms with van der Waals surface area (Å²) in [5, 5.41) is 20.3. The van der Waals surface area contributed by atoms with Gasteiger partial charge in [0.2, 0.25) is 5.91 Å². The molecule has 0 radical (unpaired) electrons. The number of aliphatic hydroxyl groups is 1. The summed E-state index contributed by atoms with van der Waals surface area (Å²) in [6, 6.07) is 22.8. The monoisotopic (exact) mass is 474 g/mol. The van der Waals surface area contributed by atoms with Gasteiger partial charge >= 0.3 is 0 Å². The lowest BCUT2D eigenvalue weighted by Crippen LogP contribution is -2.49. The number of nitrogens with two attached hydrogens (primary N) is 1. The van der Waals surface area contributed by atoms with E-state index in [4.69, 9.17) is 22.6 Å². The summed E-state index contributed by atoms with van der Waals surface area (Å²) >= 11 is 6.58. The van der Waals surface area contributed by atoms with Crippen molar-refractivity contribution >= 4 is 23.2 Å².